The molecular formula is C26H32N4O3. The number of amides is 2. The van der Waals surface area contributed by atoms with E-state index in [4.69, 9.17) is 14.7 Å². The molecule has 33 heavy (non-hydrogen) atoms. The van der Waals surface area contributed by atoms with Gasteiger partial charge in [-0.15, -0.1) is 0 Å². The first-order chi connectivity index (χ1) is 15.9. The number of hydrogen-bond donors (Lipinski definition) is 0. The van der Waals surface area contributed by atoms with Crippen LogP contribution >= 0.6 is 0 Å². The Morgan fingerprint density at radius 2 is 1.97 bits per heavy atom. The van der Waals surface area contributed by atoms with E-state index < -0.39 is 0 Å². The summed E-state index contributed by atoms with van der Waals surface area (Å²) in [6.07, 6.45) is 4.84. The number of fused-ring (bicyclic) bond motifs is 2. The molecule has 174 valence electrons. The quantitative estimate of drug-likeness (QED) is 0.711. The number of anilines is 1. The van der Waals surface area contributed by atoms with Gasteiger partial charge in [-0.25, -0.2) is 9.97 Å². The molecule has 1 atom stereocenters. The molecule has 1 saturated heterocycles. The second-order valence-electron chi connectivity index (χ2n) is 9.54. The van der Waals surface area contributed by atoms with E-state index >= 15 is 0 Å². The summed E-state index contributed by atoms with van der Waals surface area (Å²) < 4.78 is 5.77. The maximum absolute atomic E-state index is 13.1. The Labute approximate surface area is 195 Å². The van der Waals surface area contributed by atoms with Crippen LogP contribution in [0.15, 0.2) is 18.2 Å². The van der Waals surface area contributed by atoms with Crippen molar-refractivity contribution < 1.29 is 14.3 Å². The molecule has 7 nitrogen and oxygen atoms in total. The van der Waals surface area contributed by atoms with Crippen molar-refractivity contribution in [2.75, 3.05) is 24.5 Å². The molecule has 0 bridgehead atoms. The van der Waals surface area contributed by atoms with Crippen molar-refractivity contribution in [1.82, 2.24) is 14.9 Å². The van der Waals surface area contributed by atoms with Crippen molar-refractivity contribution in [2.45, 2.75) is 71.3 Å². The van der Waals surface area contributed by atoms with Crippen LogP contribution in [0, 0.1) is 6.92 Å². The molecule has 0 N–H and O–H groups in total. The zero-order valence-electron chi connectivity index (χ0n) is 19.8. The van der Waals surface area contributed by atoms with Crippen LogP contribution in [-0.2, 0) is 17.6 Å². The number of ether oxygens (including phenoxy) is 1. The van der Waals surface area contributed by atoms with Gasteiger partial charge in [0.15, 0.2) is 0 Å². The van der Waals surface area contributed by atoms with Gasteiger partial charge in [-0.2, -0.15) is 0 Å². The molecule has 1 aromatic carbocycles. The molecule has 0 saturated carbocycles. The summed E-state index contributed by atoms with van der Waals surface area (Å²) >= 11 is 0. The van der Waals surface area contributed by atoms with Crippen molar-refractivity contribution in [3.63, 3.8) is 0 Å². The maximum Gasteiger partial charge on any atom is 0.253 e. The smallest absolute Gasteiger partial charge is 0.253 e. The molecule has 7 heteroatoms. The number of aryl methyl sites for hydroxylation is 1. The Kier molecular flexibility index (Phi) is 5.81. The van der Waals surface area contributed by atoms with Gasteiger partial charge in [-0.3, -0.25) is 14.5 Å². The zero-order chi connectivity index (χ0) is 23.1. The number of hydrogen-bond acceptors (Lipinski definition) is 5. The lowest BCUT2D eigenvalue weighted by atomic mass is 9.94. The minimum absolute atomic E-state index is 0.0815. The van der Waals surface area contributed by atoms with Gasteiger partial charge in [0.1, 0.15) is 23.5 Å². The minimum atomic E-state index is 0.0815. The Morgan fingerprint density at radius 3 is 2.73 bits per heavy atom. The van der Waals surface area contributed by atoms with Crippen LogP contribution in [0.4, 0.5) is 5.82 Å². The van der Waals surface area contributed by atoms with Crippen LogP contribution in [0.1, 0.15) is 78.5 Å². The van der Waals surface area contributed by atoms with Gasteiger partial charge < -0.3 is 9.64 Å². The largest absolute Gasteiger partial charge is 0.490 e. The molecule has 5 rings (SSSR count). The number of benzene rings is 1. The molecule has 0 unspecified atom stereocenters. The highest BCUT2D eigenvalue weighted by Crippen LogP contribution is 2.34. The first-order valence-electron chi connectivity index (χ1n) is 12.2. The molecule has 0 aliphatic carbocycles. The third-order valence-corrected chi connectivity index (χ3v) is 7.09. The van der Waals surface area contributed by atoms with Gasteiger partial charge in [-0.05, 0) is 63.3 Å². The Morgan fingerprint density at radius 1 is 1.18 bits per heavy atom. The van der Waals surface area contributed by atoms with E-state index in [-0.39, 0.29) is 23.8 Å². The topological polar surface area (TPSA) is 75.6 Å². The maximum atomic E-state index is 13.1. The van der Waals surface area contributed by atoms with Crippen LogP contribution in [0.3, 0.4) is 0 Å². The predicted molar refractivity (Wildman–Crippen MR) is 126 cm³/mol. The standard InChI is InChI=1S/C26H32N4O3/c1-4-11-30-23(31)8-6-21-17(3)27-24(28-25(21)30)18-9-12-29(13-10-18)26(32)19-5-7-22-20(15-19)14-16(2)33-22/h5,7,15-16,18H,4,6,8-14H2,1-3H3/t16-/m1/s1. The zero-order valence-corrected chi connectivity index (χ0v) is 19.8. The summed E-state index contributed by atoms with van der Waals surface area (Å²) in [6, 6.07) is 5.79. The van der Waals surface area contributed by atoms with Crippen LogP contribution in [0.2, 0.25) is 0 Å². The first kappa shape index (κ1) is 21.9. The lowest BCUT2D eigenvalue weighted by molar-refractivity contribution is -0.119. The first-order valence-corrected chi connectivity index (χ1v) is 12.2. The van der Waals surface area contributed by atoms with E-state index in [1.54, 1.807) is 0 Å². The lowest BCUT2D eigenvalue weighted by Gasteiger charge is -2.33. The van der Waals surface area contributed by atoms with Gasteiger partial charge in [-0.1, -0.05) is 6.92 Å². The molecule has 1 aromatic heterocycles. The number of rotatable bonds is 4. The summed E-state index contributed by atoms with van der Waals surface area (Å²) in [5.74, 6) is 2.96. The molecule has 3 aliphatic heterocycles. The van der Waals surface area contributed by atoms with Crippen molar-refractivity contribution in [2.24, 2.45) is 0 Å². The van der Waals surface area contributed by atoms with Gasteiger partial charge in [0, 0.05) is 55.2 Å². The Balaban J connectivity index is 1.30. The highest BCUT2D eigenvalue weighted by molar-refractivity contribution is 5.95. The van der Waals surface area contributed by atoms with E-state index in [1.165, 1.54) is 0 Å². The number of aromatic nitrogens is 2. The third kappa shape index (κ3) is 4.09. The number of carbonyl (C=O) groups is 2. The fourth-order valence-electron chi connectivity index (χ4n) is 5.32. The van der Waals surface area contributed by atoms with Crippen LogP contribution in [0.25, 0.3) is 0 Å². The van der Waals surface area contributed by atoms with Crippen LogP contribution in [-0.4, -0.2) is 52.4 Å². The van der Waals surface area contributed by atoms with E-state index in [1.807, 2.05) is 41.8 Å². The predicted octanol–water partition coefficient (Wildman–Crippen LogP) is 3.82. The average molecular weight is 449 g/mol. The molecular weight excluding hydrogens is 416 g/mol. The second kappa shape index (κ2) is 8.76. The van der Waals surface area contributed by atoms with Crippen molar-refractivity contribution in [3.05, 3.63) is 46.4 Å². The SMILES string of the molecule is CCCN1C(=O)CCc2c(C)nc(C3CCN(C(=O)c4ccc5c(c4)C[C@@H](C)O5)CC3)nc21. The molecule has 1 fully saturated rings. The van der Waals surface area contributed by atoms with E-state index in [9.17, 15) is 9.59 Å². The molecule has 4 heterocycles. The monoisotopic (exact) mass is 448 g/mol. The fourth-order valence-corrected chi connectivity index (χ4v) is 5.32. The minimum Gasteiger partial charge on any atom is -0.490 e. The van der Waals surface area contributed by atoms with Crippen molar-refractivity contribution >= 4 is 17.6 Å². The highest BCUT2D eigenvalue weighted by Gasteiger charge is 2.31. The normalized spacial score (nSPS) is 20.5. The van der Waals surface area contributed by atoms with Gasteiger partial charge in [0.05, 0.1) is 0 Å². The molecule has 3 aliphatic rings. The summed E-state index contributed by atoms with van der Waals surface area (Å²) in [5.41, 5.74) is 3.94. The van der Waals surface area contributed by atoms with Gasteiger partial charge in [0.25, 0.3) is 5.91 Å². The third-order valence-electron chi connectivity index (χ3n) is 7.09. The lowest BCUT2D eigenvalue weighted by Crippen LogP contribution is -2.39. The molecule has 2 amide bonds. The molecule has 0 spiro atoms. The van der Waals surface area contributed by atoms with Gasteiger partial charge >= 0.3 is 0 Å². The van der Waals surface area contributed by atoms with Crippen LogP contribution < -0.4 is 9.64 Å². The fraction of sp³-hybridized carbons (Fsp3) is 0.538. The number of likely N-dealkylation sites (tertiary alicyclic amines) is 1. The molecule has 0 radical (unpaired) electrons. The number of piperidine rings is 1. The summed E-state index contributed by atoms with van der Waals surface area (Å²) in [6.45, 7) is 8.22. The second-order valence-corrected chi connectivity index (χ2v) is 9.54. The van der Waals surface area contributed by atoms with Crippen molar-refractivity contribution in [1.29, 1.82) is 0 Å². The summed E-state index contributed by atoms with van der Waals surface area (Å²) in [5, 5.41) is 0. The Hall–Kier alpha value is -2.96. The van der Waals surface area contributed by atoms with E-state index in [0.717, 1.165) is 71.9 Å². The summed E-state index contributed by atoms with van der Waals surface area (Å²) in [4.78, 5) is 39.1. The Bertz CT molecular complexity index is 1090. The highest BCUT2D eigenvalue weighted by atomic mass is 16.5. The number of carbonyl (C=O) groups excluding carboxylic acids is 2. The molecule has 2 aromatic rings. The van der Waals surface area contributed by atoms with E-state index in [2.05, 4.69) is 6.92 Å². The summed E-state index contributed by atoms with van der Waals surface area (Å²) in [7, 11) is 0. The van der Waals surface area contributed by atoms with Gasteiger partial charge in [0.2, 0.25) is 5.91 Å². The number of nitrogens with zero attached hydrogens (tertiary/aromatic N) is 4. The average Bonchev–Trinajstić information content (AvgIpc) is 3.19. The van der Waals surface area contributed by atoms with E-state index in [0.29, 0.717) is 26.1 Å². The van der Waals surface area contributed by atoms with Crippen molar-refractivity contribution in [3.8, 4) is 5.75 Å². The van der Waals surface area contributed by atoms with Crippen LogP contribution in [0.5, 0.6) is 5.75 Å².